The molecule has 0 bridgehead atoms. The molecule has 0 aliphatic carbocycles. The van der Waals surface area contributed by atoms with Crippen LogP contribution in [-0.2, 0) is 10.1 Å². The Morgan fingerprint density at radius 3 is 1.35 bits per heavy atom. The van der Waals surface area contributed by atoms with Crippen LogP contribution in [0.4, 0.5) is 48.5 Å². The van der Waals surface area contributed by atoms with Gasteiger partial charge in [0.2, 0.25) is 0 Å². The first-order chi connectivity index (χ1) is 22.2. The van der Waals surface area contributed by atoms with Crippen molar-refractivity contribution in [1.82, 2.24) is 0 Å². The van der Waals surface area contributed by atoms with Crippen molar-refractivity contribution in [2.24, 2.45) is 0 Å². The van der Waals surface area contributed by atoms with Gasteiger partial charge in [0.15, 0.2) is 5.75 Å². The van der Waals surface area contributed by atoms with E-state index in [1.54, 1.807) is 91.0 Å². The molecule has 0 radical (unpaired) electrons. The summed E-state index contributed by atoms with van der Waals surface area (Å²) >= 11 is 0. The van der Waals surface area contributed by atoms with Crippen molar-refractivity contribution in [3.05, 3.63) is 133 Å². The predicted octanol–water partition coefficient (Wildman–Crippen LogP) is 7.39. The average molecular weight is 637 g/mol. The zero-order valence-electron chi connectivity index (χ0n) is 24.1. The van der Waals surface area contributed by atoms with Gasteiger partial charge in [-0.1, -0.05) is 60.7 Å². The van der Waals surface area contributed by atoms with E-state index in [-0.39, 0.29) is 27.7 Å². The second-order valence-electron chi connectivity index (χ2n) is 9.61. The number of hydrogen-bond acceptors (Lipinski definition) is 6. The fourth-order valence-electron chi connectivity index (χ4n) is 4.10. The average Bonchev–Trinajstić information content (AvgIpc) is 3.03. The number of urea groups is 3. The Morgan fingerprint density at radius 1 is 0.435 bits per heavy atom. The summed E-state index contributed by atoms with van der Waals surface area (Å²) < 4.78 is 32.4. The van der Waals surface area contributed by atoms with Crippen LogP contribution in [0.25, 0.3) is 0 Å². The highest BCUT2D eigenvalue weighted by Crippen LogP contribution is 2.32. The minimum Gasteiger partial charge on any atom is -0.377 e. The molecule has 0 aliphatic rings. The van der Waals surface area contributed by atoms with Crippen LogP contribution in [0.1, 0.15) is 0 Å². The fraction of sp³-hybridized carbons (Fsp3) is 0. The van der Waals surface area contributed by atoms with E-state index < -0.39 is 28.2 Å². The van der Waals surface area contributed by atoms with Crippen LogP contribution in [0.2, 0.25) is 0 Å². The maximum atomic E-state index is 13.5. The molecule has 0 atom stereocenters. The van der Waals surface area contributed by atoms with E-state index in [1.807, 2.05) is 0 Å². The van der Waals surface area contributed by atoms with E-state index in [0.717, 1.165) is 0 Å². The largest absolute Gasteiger partial charge is 0.377 e. The normalized spacial score (nSPS) is 10.6. The van der Waals surface area contributed by atoms with Crippen molar-refractivity contribution in [3.8, 4) is 5.75 Å². The van der Waals surface area contributed by atoms with Crippen molar-refractivity contribution in [3.63, 3.8) is 0 Å². The summed E-state index contributed by atoms with van der Waals surface area (Å²) in [6.07, 6.45) is 0. The Kier molecular flexibility index (Phi) is 9.75. The number of para-hydroxylation sites is 3. The molecule has 12 nitrogen and oxygen atoms in total. The molecule has 0 heterocycles. The van der Waals surface area contributed by atoms with E-state index in [0.29, 0.717) is 17.1 Å². The van der Waals surface area contributed by atoms with Crippen LogP contribution >= 0.6 is 0 Å². The lowest BCUT2D eigenvalue weighted by Gasteiger charge is -2.16. The Morgan fingerprint density at radius 2 is 0.848 bits per heavy atom. The zero-order chi connectivity index (χ0) is 32.4. The van der Waals surface area contributed by atoms with Crippen molar-refractivity contribution >= 4 is 62.3 Å². The first-order valence-corrected chi connectivity index (χ1v) is 15.2. The molecule has 0 fully saturated rings. The Balaban J connectivity index is 1.36. The van der Waals surface area contributed by atoms with Gasteiger partial charge in [0.1, 0.15) is 4.90 Å². The first-order valence-electron chi connectivity index (χ1n) is 13.8. The van der Waals surface area contributed by atoms with Crippen LogP contribution in [0, 0.1) is 0 Å². The highest BCUT2D eigenvalue weighted by Gasteiger charge is 2.21. The number of benzene rings is 5. The maximum absolute atomic E-state index is 13.5. The van der Waals surface area contributed by atoms with Crippen LogP contribution in [0.5, 0.6) is 5.75 Å². The molecule has 0 saturated carbocycles. The van der Waals surface area contributed by atoms with Crippen LogP contribution in [-0.4, -0.2) is 26.5 Å². The summed E-state index contributed by atoms with van der Waals surface area (Å²) in [5.74, 6) is -0.277. The first kappa shape index (κ1) is 31.1. The molecule has 5 rings (SSSR count). The number of nitrogens with one attached hydrogen (secondary N) is 6. The highest BCUT2D eigenvalue weighted by atomic mass is 32.2. The number of carbonyl (C=O) groups excluding carboxylic acids is 3. The molecule has 0 aliphatic heterocycles. The SMILES string of the molecule is O=C(Nc1ccccc1)Nc1cccc(S(=O)(=O)Oc2cc(NC(=O)Nc3ccccc3)ccc2NC(=O)Nc2ccccc2)c1. The Hall–Kier alpha value is -6.34. The number of anilines is 6. The standard InChI is InChI=1S/C33H28N6O6S/c40-31(34-23-11-4-1-5-12-23)37-26-17-10-18-28(21-26)46(43,44)45-30-22-27(38-32(41)35-24-13-6-2-7-14-24)19-20-29(30)39-33(42)36-25-15-8-3-9-16-25/h1-22H,(H2,34,37,40)(H2,35,38,41)(H2,36,39,42). The number of amides is 6. The summed E-state index contributed by atoms with van der Waals surface area (Å²) in [5.41, 5.74) is 1.97. The van der Waals surface area contributed by atoms with Gasteiger partial charge in [-0.15, -0.1) is 0 Å². The lowest BCUT2D eigenvalue weighted by Crippen LogP contribution is -2.22. The van der Waals surface area contributed by atoms with Gasteiger partial charge in [0.25, 0.3) is 0 Å². The smallest absolute Gasteiger partial charge is 0.339 e. The molecular weight excluding hydrogens is 608 g/mol. The van der Waals surface area contributed by atoms with E-state index in [4.69, 9.17) is 4.18 Å². The van der Waals surface area contributed by atoms with Crippen molar-refractivity contribution in [2.75, 3.05) is 31.9 Å². The second-order valence-corrected chi connectivity index (χ2v) is 11.2. The molecule has 6 N–H and O–H groups in total. The van der Waals surface area contributed by atoms with Crippen molar-refractivity contribution in [2.45, 2.75) is 4.90 Å². The summed E-state index contributed by atoms with van der Waals surface area (Å²) in [4.78, 5) is 37.6. The number of carbonyl (C=O) groups is 3. The fourth-order valence-corrected chi connectivity index (χ4v) is 5.09. The van der Waals surface area contributed by atoms with Gasteiger partial charge in [-0.3, -0.25) is 0 Å². The molecule has 5 aromatic rings. The number of rotatable bonds is 9. The van der Waals surface area contributed by atoms with Crippen LogP contribution < -0.4 is 36.1 Å². The molecule has 0 saturated heterocycles. The quantitative estimate of drug-likeness (QED) is 0.0923. The summed E-state index contributed by atoms with van der Waals surface area (Å²) in [6, 6.07) is 33.8. The molecule has 5 aromatic carbocycles. The molecule has 13 heteroatoms. The molecule has 0 unspecified atom stereocenters. The predicted molar refractivity (Wildman–Crippen MR) is 178 cm³/mol. The molecule has 0 aromatic heterocycles. The van der Waals surface area contributed by atoms with Crippen molar-refractivity contribution < 1.29 is 27.0 Å². The van der Waals surface area contributed by atoms with E-state index in [2.05, 4.69) is 31.9 Å². The topological polar surface area (TPSA) is 167 Å². The molecule has 0 spiro atoms. The van der Waals surface area contributed by atoms with Crippen LogP contribution in [0.15, 0.2) is 138 Å². The summed E-state index contributed by atoms with van der Waals surface area (Å²) in [5, 5.41) is 15.8. The molecule has 46 heavy (non-hydrogen) atoms. The second kappa shape index (κ2) is 14.4. The maximum Gasteiger partial charge on any atom is 0.339 e. The van der Waals surface area contributed by atoms with E-state index in [9.17, 15) is 22.8 Å². The van der Waals surface area contributed by atoms with Gasteiger partial charge in [0, 0.05) is 34.5 Å². The third kappa shape index (κ3) is 8.84. The molecule has 232 valence electrons. The van der Waals surface area contributed by atoms with Gasteiger partial charge < -0.3 is 36.1 Å². The third-order valence-electron chi connectivity index (χ3n) is 6.16. The van der Waals surface area contributed by atoms with Gasteiger partial charge in [-0.25, -0.2) is 14.4 Å². The van der Waals surface area contributed by atoms with Crippen LogP contribution in [0.3, 0.4) is 0 Å². The molecular formula is C33H28N6O6S. The lowest BCUT2D eigenvalue weighted by molar-refractivity contribution is 0.261. The molecule has 6 amide bonds. The zero-order valence-corrected chi connectivity index (χ0v) is 24.9. The van der Waals surface area contributed by atoms with Gasteiger partial charge in [-0.2, -0.15) is 8.42 Å². The minimum atomic E-state index is -4.51. The lowest BCUT2D eigenvalue weighted by atomic mass is 10.2. The Labute approximate surface area is 264 Å². The summed E-state index contributed by atoms with van der Waals surface area (Å²) in [7, 11) is -4.51. The van der Waals surface area contributed by atoms with E-state index in [1.165, 1.54) is 42.5 Å². The monoisotopic (exact) mass is 636 g/mol. The van der Waals surface area contributed by atoms with E-state index >= 15 is 0 Å². The van der Waals surface area contributed by atoms with Gasteiger partial charge >= 0.3 is 28.2 Å². The third-order valence-corrected chi connectivity index (χ3v) is 7.39. The van der Waals surface area contributed by atoms with Gasteiger partial charge in [0.05, 0.1) is 5.69 Å². The summed E-state index contributed by atoms with van der Waals surface area (Å²) in [6.45, 7) is 0. The highest BCUT2D eigenvalue weighted by molar-refractivity contribution is 7.87. The minimum absolute atomic E-state index is 0.00235. The number of hydrogen-bond donors (Lipinski definition) is 6. The van der Waals surface area contributed by atoms with Crippen molar-refractivity contribution in [1.29, 1.82) is 0 Å². The van der Waals surface area contributed by atoms with Gasteiger partial charge in [-0.05, 0) is 66.7 Å². The Bertz CT molecular complexity index is 1940.